The van der Waals surface area contributed by atoms with Crippen molar-refractivity contribution < 1.29 is 0 Å². The van der Waals surface area contributed by atoms with Crippen molar-refractivity contribution in [3.8, 4) is 0 Å². The molecule has 1 aromatic rings. The molecule has 0 radical (unpaired) electrons. The zero-order chi connectivity index (χ0) is 12.3. The predicted octanol–water partition coefficient (Wildman–Crippen LogP) is 3.16. The molecule has 3 nitrogen and oxygen atoms in total. The van der Waals surface area contributed by atoms with Crippen LogP contribution in [-0.4, -0.2) is 22.9 Å². The van der Waals surface area contributed by atoms with Crippen LogP contribution in [0.1, 0.15) is 44.7 Å². The molecule has 2 unspecified atom stereocenters. The number of aryl methyl sites for hydroxylation is 1. The molecule has 1 heterocycles. The largest absolute Gasteiger partial charge is 0.317 e. The van der Waals surface area contributed by atoms with Crippen molar-refractivity contribution in [2.24, 2.45) is 5.92 Å². The van der Waals surface area contributed by atoms with Gasteiger partial charge in [0, 0.05) is 12.5 Å². The van der Waals surface area contributed by atoms with E-state index in [2.05, 4.69) is 44.9 Å². The van der Waals surface area contributed by atoms with Crippen LogP contribution < -0.4 is 5.32 Å². The van der Waals surface area contributed by atoms with Gasteiger partial charge in [-0.3, -0.25) is 4.68 Å². The van der Waals surface area contributed by atoms with Crippen LogP contribution in [0.15, 0.2) is 10.7 Å². The first-order valence-electron chi connectivity index (χ1n) is 6.69. The highest BCUT2D eigenvalue weighted by atomic mass is 79.9. The highest BCUT2D eigenvalue weighted by molar-refractivity contribution is 9.10. The van der Waals surface area contributed by atoms with Gasteiger partial charge in [-0.1, -0.05) is 13.3 Å². The van der Waals surface area contributed by atoms with Gasteiger partial charge in [0.2, 0.25) is 0 Å². The van der Waals surface area contributed by atoms with Gasteiger partial charge in [0.15, 0.2) is 0 Å². The second kappa shape index (κ2) is 6.01. The topological polar surface area (TPSA) is 29.9 Å². The standard InChI is InChI=1S/C13H22BrN3/c1-3-15-8-10-6-5-7-11(10)13-12(14)9-16-17(13)4-2/h9-11,15H,3-8H2,1-2H3. The van der Waals surface area contributed by atoms with Gasteiger partial charge < -0.3 is 5.32 Å². The minimum absolute atomic E-state index is 0.672. The zero-order valence-electron chi connectivity index (χ0n) is 10.7. The average Bonchev–Trinajstić information content (AvgIpc) is 2.92. The molecule has 1 fully saturated rings. The minimum Gasteiger partial charge on any atom is -0.317 e. The first-order chi connectivity index (χ1) is 8.27. The Morgan fingerprint density at radius 2 is 2.29 bits per heavy atom. The van der Waals surface area contributed by atoms with E-state index in [4.69, 9.17) is 0 Å². The SMILES string of the molecule is CCNCC1CCCC1c1c(Br)cnn1CC. The number of hydrogen-bond donors (Lipinski definition) is 1. The third kappa shape index (κ3) is 2.74. The summed E-state index contributed by atoms with van der Waals surface area (Å²) in [5.41, 5.74) is 1.41. The Bertz CT molecular complexity index is 362. The summed E-state index contributed by atoms with van der Waals surface area (Å²) < 4.78 is 3.34. The number of aromatic nitrogens is 2. The highest BCUT2D eigenvalue weighted by Crippen LogP contribution is 2.41. The van der Waals surface area contributed by atoms with Crippen LogP contribution in [0.5, 0.6) is 0 Å². The fourth-order valence-corrected chi connectivity index (χ4v) is 3.55. The fourth-order valence-electron chi connectivity index (χ4n) is 2.96. The summed E-state index contributed by atoms with van der Waals surface area (Å²) in [6.07, 6.45) is 5.95. The van der Waals surface area contributed by atoms with E-state index in [1.54, 1.807) is 0 Å². The van der Waals surface area contributed by atoms with E-state index in [-0.39, 0.29) is 0 Å². The lowest BCUT2D eigenvalue weighted by Gasteiger charge is -2.21. The molecule has 0 spiro atoms. The molecule has 1 aliphatic carbocycles. The average molecular weight is 300 g/mol. The number of rotatable bonds is 5. The van der Waals surface area contributed by atoms with Crippen molar-refractivity contribution in [1.82, 2.24) is 15.1 Å². The van der Waals surface area contributed by atoms with E-state index in [0.717, 1.165) is 25.6 Å². The summed E-state index contributed by atoms with van der Waals surface area (Å²) in [5, 5.41) is 7.94. The van der Waals surface area contributed by atoms with Gasteiger partial charge >= 0.3 is 0 Å². The number of hydrogen-bond acceptors (Lipinski definition) is 2. The normalized spacial score (nSPS) is 24.4. The van der Waals surface area contributed by atoms with Crippen LogP contribution in [0.2, 0.25) is 0 Å². The third-order valence-corrected chi connectivity index (χ3v) is 4.41. The number of nitrogens with zero attached hydrogens (tertiary/aromatic N) is 2. The summed E-state index contributed by atoms with van der Waals surface area (Å²) >= 11 is 3.66. The Balaban J connectivity index is 2.16. The Morgan fingerprint density at radius 1 is 1.47 bits per heavy atom. The lowest BCUT2D eigenvalue weighted by Crippen LogP contribution is -2.25. The van der Waals surface area contributed by atoms with Crippen LogP contribution in [0.25, 0.3) is 0 Å². The fraction of sp³-hybridized carbons (Fsp3) is 0.769. The molecule has 17 heavy (non-hydrogen) atoms. The van der Waals surface area contributed by atoms with Crippen molar-refractivity contribution in [2.45, 2.75) is 45.6 Å². The maximum atomic E-state index is 4.44. The molecule has 2 rings (SSSR count). The molecule has 0 saturated heterocycles. The van der Waals surface area contributed by atoms with E-state index in [1.165, 1.54) is 29.4 Å². The van der Waals surface area contributed by atoms with Crippen LogP contribution in [-0.2, 0) is 6.54 Å². The molecular weight excluding hydrogens is 278 g/mol. The van der Waals surface area contributed by atoms with Gasteiger partial charge in [0.05, 0.1) is 16.4 Å². The van der Waals surface area contributed by atoms with Crippen molar-refractivity contribution in [2.75, 3.05) is 13.1 Å². The quantitative estimate of drug-likeness (QED) is 0.905. The zero-order valence-corrected chi connectivity index (χ0v) is 12.3. The third-order valence-electron chi connectivity index (χ3n) is 3.80. The van der Waals surface area contributed by atoms with Crippen LogP contribution >= 0.6 is 15.9 Å². The molecule has 1 N–H and O–H groups in total. The van der Waals surface area contributed by atoms with E-state index in [0.29, 0.717) is 5.92 Å². The maximum Gasteiger partial charge on any atom is 0.0635 e. The van der Waals surface area contributed by atoms with Crippen LogP contribution in [0.4, 0.5) is 0 Å². The number of halogens is 1. The highest BCUT2D eigenvalue weighted by Gasteiger charge is 2.31. The van der Waals surface area contributed by atoms with Crippen LogP contribution in [0, 0.1) is 5.92 Å². The molecule has 0 amide bonds. The molecule has 0 bridgehead atoms. The van der Waals surface area contributed by atoms with Crippen molar-refractivity contribution in [1.29, 1.82) is 0 Å². The van der Waals surface area contributed by atoms with Gasteiger partial charge in [-0.05, 0) is 54.7 Å². The summed E-state index contributed by atoms with van der Waals surface area (Å²) in [6.45, 7) is 7.51. The molecule has 4 heteroatoms. The molecule has 2 atom stereocenters. The van der Waals surface area contributed by atoms with Crippen LogP contribution in [0.3, 0.4) is 0 Å². The minimum atomic E-state index is 0.672. The molecule has 0 aliphatic heterocycles. The lowest BCUT2D eigenvalue weighted by molar-refractivity contribution is 0.425. The van der Waals surface area contributed by atoms with Crippen molar-refractivity contribution in [3.05, 3.63) is 16.4 Å². The Labute approximate surface area is 112 Å². The van der Waals surface area contributed by atoms with Gasteiger partial charge in [-0.25, -0.2) is 0 Å². The lowest BCUT2D eigenvalue weighted by atomic mass is 9.92. The smallest absolute Gasteiger partial charge is 0.0635 e. The van der Waals surface area contributed by atoms with Crippen molar-refractivity contribution >= 4 is 15.9 Å². The molecular formula is C13H22BrN3. The molecule has 96 valence electrons. The first-order valence-corrected chi connectivity index (χ1v) is 7.49. The summed E-state index contributed by atoms with van der Waals surface area (Å²) in [4.78, 5) is 0. The number of nitrogens with one attached hydrogen (secondary N) is 1. The molecule has 1 saturated carbocycles. The summed E-state index contributed by atoms with van der Waals surface area (Å²) in [7, 11) is 0. The van der Waals surface area contributed by atoms with E-state index in [1.807, 2.05) is 6.20 Å². The Kier molecular flexibility index (Phi) is 4.62. The molecule has 1 aliphatic rings. The Hall–Kier alpha value is -0.350. The Morgan fingerprint density at radius 3 is 3.00 bits per heavy atom. The monoisotopic (exact) mass is 299 g/mol. The second-order valence-corrected chi connectivity index (χ2v) is 5.65. The van der Waals surface area contributed by atoms with Crippen molar-refractivity contribution in [3.63, 3.8) is 0 Å². The predicted molar refractivity (Wildman–Crippen MR) is 74.2 cm³/mol. The van der Waals surface area contributed by atoms with E-state index in [9.17, 15) is 0 Å². The van der Waals surface area contributed by atoms with Gasteiger partial charge in [0.1, 0.15) is 0 Å². The van der Waals surface area contributed by atoms with E-state index < -0.39 is 0 Å². The maximum absolute atomic E-state index is 4.44. The van der Waals surface area contributed by atoms with E-state index >= 15 is 0 Å². The molecule has 1 aromatic heterocycles. The van der Waals surface area contributed by atoms with Gasteiger partial charge in [-0.2, -0.15) is 5.10 Å². The second-order valence-electron chi connectivity index (χ2n) is 4.80. The van der Waals surface area contributed by atoms with Gasteiger partial charge in [-0.15, -0.1) is 0 Å². The summed E-state index contributed by atoms with van der Waals surface area (Å²) in [6, 6.07) is 0. The first kappa shape index (κ1) is 13.1. The molecule has 0 aromatic carbocycles. The van der Waals surface area contributed by atoms with Gasteiger partial charge in [0.25, 0.3) is 0 Å². The summed E-state index contributed by atoms with van der Waals surface area (Å²) in [5.74, 6) is 1.44.